The van der Waals surface area contributed by atoms with E-state index >= 15 is 0 Å². The molecule has 32 heavy (non-hydrogen) atoms. The lowest BCUT2D eigenvalue weighted by Gasteiger charge is -2.18. The number of aryl methyl sites for hydroxylation is 1. The first-order valence-electron chi connectivity index (χ1n) is 9.78. The molecule has 2 aromatic carbocycles. The van der Waals surface area contributed by atoms with Crippen molar-refractivity contribution in [2.24, 2.45) is 0 Å². The SMILES string of the molecule is CCOC(=O)C(c1nc2cc(C#N)ccc2o1)c1c(OC)cc(C)c2c1ccn2C(=O)O. The molecule has 9 heteroatoms. The Labute approximate surface area is 182 Å². The molecule has 4 rings (SSSR count). The van der Waals surface area contributed by atoms with Crippen LogP contribution in [0.2, 0.25) is 0 Å². The zero-order chi connectivity index (χ0) is 23.0. The van der Waals surface area contributed by atoms with Crippen LogP contribution in [0.3, 0.4) is 0 Å². The normalized spacial score (nSPS) is 11.9. The molecule has 0 aliphatic carbocycles. The fourth-order valence-corrected chi connectivity index (χ4v) is 3.86. The van der Waals surface area contributed by atoms with Crippen molar-refractivity contribution in [3.05, 3.63) is 59.1 Å². The monoisotopic (exact) mass is 433 g/mol. The Morgan fingerprint density at radius 2 is 2.09 bits per heavy atom. The number of carbonyl (C=O) groups is 2. The Bertz CT molecular complexity index is 1410. The molecule has 4 aromatic rings. The second-order valence-corrected chi connectivity index (χ2v) is 7.07. The van der Waals surface area contributed by atoms with Crippen LogP contribution in [0.15, 0.2) is 40.9 Å². The van der Waals surface area contributed by atoms with Gasteiger partial charge < -0.3 is 19.0 Å². The highest BCUT2D eigenvalue weighted by Gasteiger charge is 2.35. The first-order chi connectivity index (χ1) is 15.4. The van der Waals surface area contributed by atoms with E-state index in [4.69, 9.17) is 19.2 Å². The summed E-state index contributed by atoms with van der Waals surface area (Å²) in [5.74, 6) is -1.31. The number of aromatic nitrogens is 2. The summed E-state index contributed by atoms with van der Waals surface area (Å²) in [4.78, 5) is 29.3. The molecule has 0 aliphatic rings. The number of hydrogen-bond donors (Lipinski definition) is 1. The van der Waals surface area contributed by atoms with Gasteiger partial charge in [0, 0.05) is 17.1 Å². The van der Waals surface area contributed by atoms with E-state index in [1.165, 1.54) is 13.3 Å². The van der Waals surface area contributed by atoms with Crippen molar-refractivity contribution in [2.75, 3.05) is 13.7 Å². The molecule has 1 unspecified atom stereocenters. The highest BCUT2D eigenvalue weighted by Crippen LogP contribution is 2.41. The summed E-state index contributed by atoms with van der Waals surface area (Å²) >= 11 is 0. The summed E-state index contributed by atoms with van der Waals surface area (Å²) in [6.07, 6.45) is 0.258. The van der Waals surface area contributed by atoms with Gasteiger partial charge in [-0.05, 0) is 49.7 Å². The van der Waals surface area contributed by atoms with Crippen molar-refractivity contribution in [1.82, 2.24) is 9.55 Å². The Balaban J connectivity index is 2.03. The van der Waals surface area contributed by atoms with E-state index in [1.807, 2.05) is 6.07 Å². The van der Waals surface area contributed by atoms with Gasteiger partial charge >= 0.3 is 12.1 Å². The van der Waals surface area contributed by atoms with Gasteiger partial charge in [0.15, 0.2) is 11.5 Å². The third-order valence-electron chi connectivity index (χ3n) is 5.18. The third kappa shape index (κ3) is 3.32. The fraction of sp³-hybridized carbons (Fsp3) is 0.217. The Morgan fingerprint density at radius 3 is 2.75 bits per heavy atom. The number of hydrogen-bond acceptors (Lipinski definition) is 7. The summed E-state index contributed by atoms with van der Waals surface area (Å²) in [6, 6.07) is 10.1. The van der Waals surface area contributed by atoms with Crippen LogP contribution >= 0.6 is 0 Å². The number of fused-ring (bicyclic) bond motifs is 2. The molecule has 0 amide bonds. The Kier molecular flexibility index (Phi) is 5.28. The van der Waals surface area contributed by atoms with E-state index in [9.17, 15) is 14.7 Å². The number of nitrogens with zero attached hydrogens (tertiary/aromatic N) is 3. The van der Waals surface area contributed by atoms with Gasteiger partial charge in [0.05, 0.1) is 30.9 Å². The Hall–Kier alpha value is -4.32. The molecular weight excluding hydrogens is 414 g/mol. The predicted molar refractivity (Wildman–Crippen MR) is 114 cm³/mol. The second-order valence-electron chi connectivity index (χ2n) is 7.07. The molecule has 0 spiro atoms. The van der Waals surface area contributed by atoms with Crippen LogP contribution in [0.5, 0.6) is 5.75 Å². The number of carboxylic acid groups (broad SMARTS) is 1. The molecule has 0 bridgehead atoms. The first-order valence-corrected chi connectivity index (χ1v) is 9.78. The van der Waals surface area contributed by atoms with E-state index in [2.05, 4.69) is 4.98 Å². The van der Waals surface area contributed by atoms with Crippen LogP contribution in [0, 0.1) is 18.3 Å². The quantitative estimate of drug-likeness (QED) is 0.464. The predicted octanol–water partition coefficient (Wildman–Crippen LogP) is 4.19. The summed E-state index contributed by atoms with van der Waals surface area (Å²) in [6.45, 7) is 3.57. The highest BCUT2D eigenvalue weighted by molar-refractivity contribution is 5.98. The largest absolute Gasteiger partial charge is 0.496 e. The van der Waals surface area contributed by atoms with Crippen LogP contribution in [0.25, 0.3) is 22.0 Å². The molecule has 9 nitrogen and oxygen atoms in total. The molecule has 1 N–H and O–H groups in total. The lowest BCUT2D eigenvalue weighted by molar-refractivity contribution is -0.144. The van der Waals surface area contributed by atoms with Crippen molar-refractivity contribution >= 4 is 34.1 Å². The molecular formula is C23H19N3O6. The van der Waals surface area contributed by atoms with Crippen molar-refractivity contribution in [3.63, 3.8) is 0 Å². The van der Waals surface area contributed by atoms with Crippen LogP contribution in [0.1, 0.15) is 35.4 Å². The summed E-state index contributed by atoms with van der Waals surface area (Å²) in [5.41, 5.74) is 2.69. The summed E-state index contributed by atoms with van der Waals surface area (Å²) < 4.78 is 17.9. The topological polar surface area (TPSA) is 128 Å². The van der Waals surface area contributed by atoms with Crippen LogP contribution < -0.4 is 4.74 Å². The minimum Gasteiger partial charge on any atom is -0.496 e. The van der Waals surface area contributed by atoms with Gasteiger partial charge in [0.2, 0.25) is 5.89 Å². The van der Waals surface area contributed by atoms with Gasteiger partial charge in [-0.1, -0.05) is 0 Å². The van der Waals surface area contributed by atoms with Gasteiger partial charge in [-0.25, -0.2) is 9.78 Å². The molecule has 1 atom stereocenters. The second kappa shape index (κ2) is 8.07. The smallest absolute Gasteiger partial charge is 0.416 e. The minimum atomic E-state index is -1.15. The van der Waals surface area contributed by atoms with E-state index in [0.29, 0.717) is 44.4 Å². The number of benzene rings is 2. The highest BCUT2D eigenvalue weighted by atomic mass is 16.5. The molecule has 0 fully saturated rings. The number of ether oxygens (including phenoxy) is 2. The van der Waals surface area contributed by atoms with E-state index in [1.54, 1.807) is 44.2 Å². The number of methoxy groups -OCH3 is 1. The molecule has 2 aromatic heterocycles. The van der Waals surface area contributed by atoms with Gasteiger partial charge in [0.25, 0.3) is 0 Å². The lowest BCUT2D eigenvalue weighted by atomic mass is 9.92. The standard InChI is InChI=1S/C23H19N3O6/c1-4-31-22(27)19(21-25-15-10-13(11-24)5-6-16(15)32-21)18-14-7-8-26(23(28)29)20(14)12(2)9-17(18)30-3/h5-10,19H,4H2,1-3H3,(H,28,29). The van der Waals surface area contributed by atoms with Crippen LogP contribution in [0.4, 0.5) is 4.79 Å². The summed E-state index contributed by atoms with van der Waals surface area (Å²) in [5, 5.41) is 19.3. The van der Waals surface area contributed by atoms with Gasteiger partial charge in [-0.3, -0.25) is 9.36 Å². The fourth-order valence-electron chi connectivity index (χ4n) is 3.86. The van der Waals surface area contributed by atoms with Crippen LogP contribution in [-0.2, 0) is 9.53 Å². The minimum absolute atomic E-state index is 0.0556. The Morgan fingerprint density at radius 1 is 1.31 bits per heavy atom. The number of esters is 1. The van der Waals surface area contributed by atoms with Gasteiger partial charge in [0.1, 0.15) is 11.3 Å². The zero-order valence-corrected chi connectivity index (χ0v) is 17.6. The molecule has 0 aliphatic heterocycles. The van der Waals surface area contributed by atoms with E-state index < -0.39 is 18.0 Å². The lowest BCUT2D eigenvalue weighted by Crippen LogP contribution is -2.19. The zero-order valence-electron chi connectivity index (χ0n) is 17.6. The summed E-state index contributed by atoms with van der Waals surface area (Å²) in [7, 11) is 1.46. The number of oxazole rings is 1. The average Bonchev–Trinajstić information content (AvgIpc) is 3.39. The van der Waals surface area contributed by atoms with Crippen molar-refractivity contribution in [2.45, 2.75) is 19.8 Å². The average molecular weight is 433 g/mol. The maximum absolute atomic E-state index is 13.1. The van der Waals surface area contributed by atoms with E-state index in [0.717, 1.165) is 4.57 Å². The number of nitriles is 1. The van der Waals surface area contributed by atoms with Crippen molar-refractivity contribution in [3.8, 4) is 11.8 Å². The first kappa shape index (κ1) is 20.9. The molecule has 0 radical (unpaired) electrons. The molecule has 2 heterocycles. The maximum atomic E-state index is 13.1. The van der Waals surface area contributed by atoms with E-state index in [-0.39, 0.29) is 12.5 Å². The maximum Gasteiger partial charge on any atom is 0.416 e. The van der Waals surface area contributed by atoms with Gasteiger partial charge in [-0.2, -0.15) is 5.26 Å². The molecule has 162 valence electrons. The van der Waals surface area contributed by atoms with Crippen molar-refractivity contribution < 1.29 is 28.6 Å². The van der Waals surface area contributed by atoms with Gasteiger partial charge in [-0.15, -0.1) is 0 Å². The third-order valence-corrected chi connectivity index (χ3v) is 5.18. The van der Waals surface area contributed by atoms with Crippen LogP contribution in [-0.4, -0.2) is 40.4 Å². The number of rotatable bonds is 5. The number of carbonyl (C=O) groups excluding carboxylic acids is 1. The molecule has 0 saturated carbocycles. The van der Waals surface area contributed by atoms with Crippen molar-refractivity contribution in [1.29, 1.82) is 5.26 Å². The molecule has 0 saturated heterocycles.